The van der Waals surface area contributed by atoms with E-state index in [1.807, 2.05) is 12.1 Å². The Morgan fingerprint density at radius 2 is 1.27 bits per heavy atom. The summed E-state index contributed by atoms with van der Waals surface area (Å²) >= 11 is 0. The number of ketones is 1. The average molecular weight is 505 g/mol. The summed E-state index contributed by atoms with van der Waals surface area (Å²) in [6, 6.07) is 12.7. The molecular formula is C35H52O2. The quantitative estimate of drug-likeness (QED) is 0.149. The molecule has 0 fully saturated rings. The van der Waals surface area contributed by atoms with E-state index in [4.69, 9.17) is 0 Å². The molecule has 0 amide bonds. The highest BCUT2D eigenvalue weighted by Crippen LogP contribution is 2.36. The molecule has 0 saturated heterocycles. The van der Waals surface area contributed by atoms with Gasteiger partial charge in [0.05, 0.1) is 0 Å². The molecule has 2 rings (SSSR count). The Labute approximate surface area is 227 Å². The molecule has 204 valence electrons. The smallest absolute Gasteiger partial charge is 0.227 e. The van der Waals surface area contributed by atoms with Crippen molar-refractivity contribution in [2.24, 2.45) is 0 Å². The first-order valence-corrected chi connectivity index (χ1v) is 14.9. The van der Waals surface area contributed by atoms with Crippen molar-refractivity contribution in [1.29, 1.82) is 0 Å². The number of hydrogen-bond acceptors (Lipinski definition) is 2. The number of allylic oxidation sites excluding steroid dienone is 1. The van der Waals surface area contributed by atoms with Crippen molar-refractivity contribution in [1.82, 2.24) is 0 Å². The first kappa shape index (κ1) is 30.9. The van der Waals surface area contributed by atoms with Crippen molar-refractivity contribution in [2.75, 3.05) is 0 Å². The summed E-state index contributed by atoms with van der Waals surface area (Å²) in [5.74, 6) is 1.05. The van der Waals surface area contributed by atoms with Crippen molar-refractivity contribution in [3.8, 4) is 0 Å². The van der Waals surface area contributed by atoms with Crippen LogP contribution in [0.5, 0.6) is 0 Å². The zero-order valence-electron chi connectivity index (χ0n) is 24.9. The van der Waals surface area contributed by atoms with Gasteiger partial charge in [0, 0.05) is 5.56 Å². The molecule has 0 aromatic heterocycles. The zero-order chi connectivity index (χ0) is 27.5. The lowest BCUT2D eigenvalue weighted by molar-refractivity contribution is 0.0979. The van der Waals surface area contributed by atoms with Crippen LogP contribution in [0.2, 0.25) is 0 Å². The van der Waals surface area contributed by atoms with Crippen molar-refractivity contribution in [3.05, 3.63) is 75.5 Å². The van der Waals surface area contributed by atoms with Gasteiger partial charge >= 0.3 is 0 Å². The fraction of sp³-hybridized carbons (Fsp3) is 0.571. The fourth-order valence-electron chi connectivity index (χ4n) is 5.94. The van der Waals surface area contributed by atoms with E-state index in [0.717, 1.165) is 62.5 Å². The minimum atomic E-state index is -0.260. The lowest BCUT2D eigenvalue weighted by Crippen LogP contribution is -2.13. The molecule has 0 bridgehead atoms. The van der Waals surface area contributed by atoms with Gasteiger partial charge in [-0.2, -0.15) is 0 Å². The molecule has 0 aliphatic rings. The number of rotatable bonds is 15. The summed E-state index contributed by atoms with van der Waals surface area (Å²) in [5, 5.41) is 11.3. The molecule has 0 heterocycles. The van der Waals surface area contributed by atoms with Gasteiger partial charge < -0.3 is 5.11 Å². The summed E-state index contributed by atoms with van der Waals surface area (Å²) in [6.07, 6.45) is 10.5. The maximum Gasteiger partial charge on any atom is 0.227 e. The summed E-state index contributed by atoms with van der Waals surface area (Å²) < 4.78 is 0. The van der Waals surface area contributed by atoms with Gasteiger partial charge in [0.25, 0.3) is 0 Å². The van der Waals surface area contributed by atoms with Crippen LogP contribution < -0.4 is 0 Å². The Balaban J connectivity index is 2.61. The molecule has 0 aliphatic heterocycles. The number of Topliss-reactive ketones (excluding diaryl/α,β-unsaturated/α-hetero) is 1. The van der Waals surface area contributed by atoms with Gasteiger partial charge in [0.2, 0.25) is 5.78 Å². The van der Waals surface area contributed by atoms with Crippen LogP contribution in [0.15, 0.2) is 42.2 Å². The second kappa shape index (κ2) is 15.2. The highest BCUT2D eigenvalue weighted by Gasteiger charge is 2.24. The Kier molecular flexibility index (Phi) is 12.6. The van der Waals surface area contributed by atoms with E-state index in [0.29, 0.717) is 23.3 Å². The molecule has 37 heavy (non-hydrogen) atoms. The number of carbonyl (C=O) groups excluding carboxylic acids is 1. The van der Waals surface area contributed by atoms with Crippen LogP contribution in [-0.4, -0.2) is 10.9 Å². The molecule has 0 saturated carbocycles. The third kappa shape index (κ3) is 8.06. The summed E-state index contributed by atoms with van der Waals surface area (Å²) in [4.78, 5) is 13.8. The standard InChI is InChI=1S/C35H52O2/c1-9-14-24(5)28-20-21-30(25(6)15-10-2)29(22-28)23-33(36)35(37)32-19-13-18-31(26(7)16-11-3)34(32)27(8)17-12-4/h13,18-27,36H,9-12,14-17H2,1-8H3/b33-23-. The molecule has 4 atom stereocenters. The molecule has 2 aromatic carbocycles. The third-order valence-corrected chi connectivity index (χ3v) is 8.03. The van der Waals surface area contributed by atoms with Crippen LogP contribution in [0.4, 0.5) is 0 Å². The van der Waals surface area contributed by atoms with E-state index in [1.54, 1.807) is 6.08 Å². The van der Waals surface area contributed by atoms with E-state index >= 15 is 0 Å². The van der Waals surface area contributed by atoms with Crippen molar-refractivity contribution in [2.45, 2.75) is 130 Å². The predicted molar refractivity (Wildman–Crippen MR) is 161 cm³/mol. The third-order valence-electron chi connectivity index (χ3n) is 8.03. The molecule has 0 aliphatic carbocycles. The van der Waals surface area contributed by atoms with Crippen molar-refractivity contribution < 1.29 is 9.90 Å². The normalized spacial score (nSPS) is 15.3. The first-order chi connectivity index (χ1) is 17.7. The number of aliphatic hydroxyl groups is 1. The summed E-state index contributed by atoms with van der Waals surface area (Å²) in [5.41, 5.74) is 6.50. The van der Waals surface area contributed by atoms with Gasteiger partial charge in [-0.25, -0.2) is 0 Å². The lowest BCUT2D eigenvalue weighted by atomic mass is 9.81. The zero-order valence-corrected chi connectivity index (χ0v) is 24.9. The molecule has 2 aromatic rings. The van der Waals surface area contributed by atoms with Gasteiger partial charge in [-0.1, -0.05) is 117 Å². The number of carbonyl (C=O) groups is 1. The van der Waals surface area contributed by atoms with E-state index in [-0.39, 0.29) is 17.5 Å². The maximum atomic E-state index is 13.8. The lowest BCUT2D eigenvalue weighted by Gasteiger charge is -2.23. The highest BCUT2D eigenvalue weighted by molar-refractivity contribution is 6.10. The fourth-order valence-corrected chi connectivity index (χ4v) is 5.94. The SMILES string of the molecule is CCCC(C)c1ccc(C(C)CCC)c(/C=C(\O)C(=O)c2cccc(C(C)CCC)c2C(C)CCC)c1. The van der Waals surface area contributed by atoms with Gasteiger partial charge in [-0.05, 0) is 83.2 Å². The van der Waals surface area contributed by atoms with Crippen LogP contribution in [0.3, 0.4) is 0 Å². The molecule has 0 radical (unpaired) electrons. The highest BCUT2D eigenvalue weighted by atomic mass is 16.3. The second-order valence-corrected chi connectivity index (χ2v) is 11.3. The topological polar surface area (TPSA) is 37.3 Å². The number of hydrogen-bond donors (Lipinski definition) is 1. The minimum Gasteiger partial charge on any atom is -0.504 e. The molecule has 4 unspecified atom stereocenters. The predicted octanol–water partition coefficient (Wildman–Crippen LogP) is 11.1. The van der Waals surface area contributed by atoms with E-state index in [2.05, 4.69) is 79.7 Å². The van der Waals surface area contributed by atoms with Crippen LogP contribution in [0.25, 0.3) is 6.08 Å². The van der Waals surface area contributed by atoms with Gasteiger partial charge in [0.1, 0.15) is 0 Å². The Bertz CT molecular complexity index is 1030. The maximum absolute atomic E-state index is 13.8. The molecule has 2 nitrogen and oxygen atoms in total. The second-order valence-electron chi connectivity index (χ2n) is 11.3. The first-order valence-electron chi connectivity index (χ1n) is 14.9. The monoisotopic (exact) mass is 504 g/mol. The number of aliphatic hydroxyl groups excluding tert-OH is 1. The average Bonchev–Trinajstić information content (AvgIpc) is 2.88. The van der Waals surface area contributed by atoms with E-state index < -0.39 is 0 Å². The van der Waals surface area contributed by atoms with Crippen molar-refractivity contribution in [3.63, 3.8) is 0 Å². The van der Waals surface area contributed by atoms with Gasteiger partial charge in [0.15, 0.2) is 5.76 Å². The van der Waals surface area contributed by atoms with E-state index in [9.17, 15) is 9.90 Å². The molecular weight excluding hydrogens is 452 g/mol. The number of benzene rings is 2. The Hall–Kier alpha value is -2.35. The molecule has 1 N–H and O–H groups in total. The summed E-state index contributed by atoms with van der Waals surface area (Å²) in [6.45, 7) is 17.8. The molecule has 2 heteroatoms. The van der Waals surface area contributed by atoms with Gasteiger partial charge in [-0.3, -0.25) is 4.79 Å². The summed E-state index contributed by atoms with van der Waals surface area (Å²) in [7, 11) is 0. The minimum absolute atomic E-state index is 0.157. The van der Waals surface area contributed by atoms with E-state index in [1.165, 1.54) is 16.7 Å². The largest absolute Gasteiger partial charge is 0.504 e. The Morgan fingerprint density at radius 3 is 1.86 bits per heavy atom. The Morgan fingerprint density at radius 1 is 0.730 bits per heavy atom. The van der Waals surface area contributed by atoms with Crippen LogP contribution in [0.1, 0.15) is 169 Å². The van der Waals surface area contributed by atoms with Gasteiger partial charge in [-0.15, -0.1) is 0 Å². The molecule has 0 spiro atoms. The van der Waals surface area contributed by atoms with Crippen molar-refractivity contribution >= 4 is 11.9 Å². The van der Waals surface area contributed by atoms with Crippen LogP contribution in [-0.2, 0) is 0 Å². The van der Waals surface area contributed by atoms with Crippen LogP contribution in [0, 0.1) is 0 Å². The van der Waals surface area contributed by atoms with Crippen LogP contribution >= 0.6 is 0 Å².